The van der Waals surface area contributed by atoms with Crippen molar-refractivity contribution in [1.29, 1.82) is 0 Å². The molecule has 2 heterocycles. The van der Waals surface area contributed by atoms with Gasteiger partial charge in [0.25, 0.3) is 5.91 Å². The number of carbonyl (C=O) groups is 1. The van der Waals surface area contributed by atoms with E-state index >= 15 is 0 Å². The monoisotopic (exact) mass is 328 g/mol. The number of rotatable bonds is 4. The summed E-state index contributed by atoms with van der Waals surface area (Å²) in [5.74, 6) is -0.501. The summed E-state index contributed by atoms with van der Waals surface area (Å²) in [5.41, 5.74) is 3.19. The number of hydrogen-bond donors (Lipinski definition) is 1. The molecule has 0 aliphatic carbocycles. The van der Waals surface area contributed by atoms with Gasteiger partial charge in [0.05, 0.1) is 12.1 Å². The van der Waals surface area contributed by atoms with Crippen LogP contribution < -0.4 is 5.32 Å². The van der Waals surface area contributed by atoms with E-state index in [1.165, 1.54) is 17.0 Å². The molecule has 2 aromatic heterocycles. The molecule has 0 radical (unpaired) electrons. The van der Waals surface area contributed by atoms with Gasteiger partial charge in [-0.1, -0.05) is 6.07 Å². The molecule has 0 spiro atoms. The van der Waals surface area contributed by atoms with Crippen molar-refractivity contribution in [3.8, 4) is 0 Å². The third-order valence-corrected chi connectivity index (χ3v) is 4.68. The van der Waals surface area contributed by atoms with Crippen LogP contribution in [0, 0.1) is 19.7 Å². The van der Waals surface area contributed by atoms with E-state index in [1.807, 2.05) is 31.4 Å². The molecule has 3 aromatic rings. The lowest BCUT2D eigenvalue weighted by molar-refractivity contribution is 0.102. The second kappa shape index (κ2) is 6.38. The normalized spacial score (nSPS) is 10.7. The average molecular weight is 328 g/mol. The highest BCUT2D eigenvalue weighted by molar-refractivity contribution is 7.09. The van der Waals surface area contributed by atoms with Crippen LogP contribution in [0.1, 0.15) is 26.6 Å². The predicted octanol–water partition coefficient (Wildman–Crippen LogP) is 4.61. The van der Waals surface area contributed by atoms with Crippen LogP contribution in [0.25, 0.3) is 0 Å². The predicted molar refractivity (Wildman–Crippen MR) is 91.7 cm³/mol. The lowest BCUT2D eigenvalue weighted by Gasteiger charge is -2.09. The first-order valence-corrected chi connectivity index (χ1v) is 8.18. The smallest absolute Gasteiger partial charge is 0.257 e. The van der Waals surface area contributed by atoms with Gasteiger partial charge in [0.2, 0.25) is 0 Å². The quantitative estimate of drug-likeness (QED) is 0.746. The molecular weight excluding hydrogens is 311 g/mol. The average Bonchev–Trinajstić information content (AvgIpc) is 3.13. The molecule has 3 nitrogen and oxygen atoms in total. The van der Waals surface area contributed by atoms with Gasteiger partial charge in [-0.15, -0.1) is 11.3 Å². The molecule has 0 saturated heterocycles. The van der Waals surface area contributed by atoms with Gasteiger partial charge in [0.1, 0.15) is 5.82 Å². The molecule has 0 unspecified atom stereocenters. The van der Waals surface area contributed by atoms with Crippen LogP contribution in [0.2, 0.25) is 0 Å². The van der Waals surface area contributed by atoms with Crippen molar-refractivity contribution >= 4 is 22.9 Å². The zero-order valence-electron chi connectivity index (χ0n) is 13.0. The Bertz CT molecular complexity index is 820. The Hall–Kier alpha value is -2.40. The van der Waals surface area contributed by atoms with Crippen molar-refractivity contribution < 1.29 is 9.18 Å². The molecule has 0 aliphatic heterocycles. The molecule has 1 aromatic carbocycles. The van der Waals surface area contributed by atoms with Crippen molar-refractivity contribution in [3.05, 3.63) is 75.5 Å². The number of nitrogens with zero attached hydrogens (tertiary/aromatic N) is 1. The second-order valence-corrected chi connectivity index (χ2v) is 6.44. The number of aromatic nitrogens is 1. The summed E-state index contributed by atoms with van der Waals surface area (Å²) in [6.45, 7) is 4.70. The van der Waals surface area contributed by atoms with Crippen LogP contribution in [0.4, 0.5) is 10.1 Å². The van der Waals surface area contributed by atoms with Crippen molar-refractivity contribution in [1.82, 2.24) is 4.57 Å². The zero-order chi connectivity index (χ0) is 16.4. The van der Waals surface area contributed by atoms with Gasteiger partial charge >= 0.3 is 0 Å². The standard InChI is InChI=1S/C18H17FN2OS/c1-12-10-17(13(2)21(12)11-16-4-3-9-23-16)18(22)20-15-7-5-14(19)6-8-15/h3-10H,11H2,1-2H3,(H,20,22). The first kappa shape index (κ1) is 15.5. The van der Waals surface area contributed by atoms with Crippen molar-refractivity contribution in [2.75, 3.05) is 5.32 Å². The van der Waals surface area contributed by atoms with Crippen molar-refractivity contribution in [2.45, 2.75) is 20.4 Å². The Labute approximate surface area is 138 Å². The SMILES string of the molecule is Cc1cc(C(=O)Nc2ccc(F)cc2)c(C)n1Cc1cccs1. The Morgan fingerprint density at radius 2 is 1.96 bits per heavy atom. The van der Waals surface area contributed by atoms with Gasteiger partial charge in [-0.05, 0) is 55.6 Å². The van der Waals surface area contributed by atoms with E-state index in [4.69, 9.17) is 0 Å². The Morgan fingerprint density at radius 1 is 1.22 bits per heavy atom. The lowest BCUT2D eigenvalue weighted by Crippen LogP contribution is -2.13. The number of carbonyl (C=O) groups excluding carboxylic acids is 1. The maximum absolute atomic E-state index is 12.9. The Balaban J connectivity index is 1.82. The topological polar surface area (TPSA) is 34.0 Å². The minimum absolute atomic E-state index is 0.179. The lowest BCUT2D eigenvalue weighted by atomic mass is 10.2. The summed E-state index contributed by atoms with van der Waals surface area (Å²) in [5, 5.41) is 4.86. The molecule has 5 heteroatoms. The first-order valence-electron chi connectivity index (χ1n) is 7.30. The van der Waals surface area contributed by atoms with E-state index in [1.54, 1.807) is 23.5 Å². The Kier molecular flexibility index (Phi) is 4.30. The van der Waals surface area contributed by atoms with Crippen LogP contribution in [0.3, 0.4) is 0 Å². The van der Waals surface area contributed by atoms with Crippen LogP contribution in [0.15, 0.2) is 47.8 Å². The summed E-state index contributed by atoms with van der Waals surface area (Å²) < 4.78 is 15.1. The first-order chi connectivity index (χ1) is 11.0. The third kappa shape index (κ3) is 3.35. The number of amides is 1. The summed E-state index contributed by atoms with van der Waals surface area (Å²) in [6, 6.07) is 11.8. The van der Waals surface area contributed by atoms with E-state index in [-0.39, 0.29) is 11.7 Å². The fourth-order valence-corrected chi connectivity index (χ4v) is 3.26. The van der Waals surface area contributed by atoms with E-state index in [0.717, 1.165) is 17.9 Å². The molecule has 0 bridgehead atoms. The molecule has 1 N–H and O–H groups in total. The van der Waals surface area contributed by atoms with E-state index < -0.39 is 0 Å². The fraction of sp³-hybridized carbons (Fsp3) is 0.167. The van der Waals surface area contributed by atoms with Crippen molar-refractivity contribution in [3.63, 3.8) is 0 Å². The fourth-order valence-electron chi connectivity index (χ4n) is 2.56. The van der Waals surface area contributed by atoms with Gasteiger partial charge in [-0.3, -0.25) is 4.79 Å². The maximum atomic E-state index is 12.9. The van der Waals surface area contributed by atoms with Crippen LogP contribution in [-0.2, 0) is 6.54 Å². The highest BCUT2D eigenvalue weighted by Crippen LogP contribution is 2.20. The second-order valence-electron chi connectivity index (χ2n) is 5.41. The number of halogens is 1. The van der Waals surface area contributed by atoms with Crippen LogP contribution in [-0.4, -0.2) is 10.5 Å². The van der Waals surface area contributed by atoms with Gasteiger partial charge in [-0.25, -0.2) is 4.39 Å². The molecule has 1 amide bonds. The number of aryl methyl sites for hydroxylation is 1. The number of nitrogens with one attached hydrogen (secondary N) is 1. The molecule has 0 fully saturated rings. The number of anilines is 1. The molecule has 0 saturated carbocycles. The van der Waals surface area contributed by atoms with Crippen molar-refractivity contribution in [2.24, 2.45) is 0 Å². The highest BCUT2D eigenvalue weighted by atomic mass is 32.1. The largest absolute Gasteiger partial charge is 0.343 e. The number of hydrogen-bond acceptors (Lipinski definition) is 2. The minimum atomic E-state index is -0.322. The van der Waals surface area contributed by atoms with E-state index in [9.17, 15) is 9.18 Å². The minimum Gasteiger partial charge on any atom is -0.343 e. The van der Waals surface area contributed by atoms with Gasteiger partial charge < -0.3 is 9.88 Å². The van der Waals surface area contributed by atoms with Crippen LogP contribution in [0.5, 0.6) is 0 Å². The maximum Gasteiger partial charge on any atom is 0.257 e. The van der Waals surface area contributed by atoms with Gasteiger partial charge in [0.15, 0.2) is 0 Å². The number of benzene rings is 1. The van der Waals surface area contributed by atoms with Gasteiger partial charge in [0, 0.05) is 22.0 Å². The molecule has 0 atom stereocenters. The molecule has 3 rings (SSSR count). The molecule has 23 heavy (non-hydrogen) atoms. The highest BCUT2D eigenvalue weighted by Gasteiger charge is 2.16. The van der Waals surface area contributed by atoms with Gasteiger partial charge in [-0.2, -0.15) is 0 Å². The molecule has 0 aliphatic rings. The molecule has 118 valence electrons. The third-order valence-electron chi connectivity index (χ3n) is 3.81. The summed E-state index contributed by atoms with van der Waals surface area (Å²) >= 11 is 1.70. The number of thiophene rings is 1. The van der Waals surface area contributed by atoms with E-state index in [0.29, 0.717) is 11.3 Å². The van der Waals surface area contributed by atoms with E-state index in [2.05, 4.69) is 16.0 Å². The summed E-state index contributed by atoms with van der Waals surface area (Å²) in [7, 11) is 0. The van der Waals surface area contributed by atoms with Crippen LogP contribution >= 0.6 is 11.3 Å². The summed E-state index contributed by atoms with van der Waals surface area (Å²) in [6.07, 6.45) is 0. The zero-order valence-corrected chi connectivity index (χ0v) is 13.8. The summed E-state index contributed by atoms with van der Waals surface area (Å²) in [4.78, 5) is 13.7. The Morgan fingerprint density at radius 3 is 2.61 bits per heavy atom. The molecular formula is C18H17FN2OS.